The van der Waals surface area contributed by atoms with E-state index in [4.69, 9.17) is 0 Å². The van der Waals surface area contributed by atoms with Crippen molar-refractivity contribution in [2.24, 2.45) is 14.1 Å². The van der Waals surface area contributed by atoms with E-state index in [1.54, 1.807) is 30.8 Å². The van der Waals surface area contributed by atoms with Crippen LogP contribution in [0.2, 0.25) is 0 Å². The minimum absolute atomic E-state index is 0.0422. The quantitative estimate of drug-likeness (QED) is 0.691. The molecule has 5 nitrogen and oxygen atoms in total. The van der Waals surface area contributed by atoms with Crippen molar-refractivity contribution in [3.8, 4) is 0 Å². The Hall–Kier alpha value is -2.17. The largest absolute Gasteiger partial charge is 0.318 e. The normalized spacial score (nSPS) is 9.56. The van der Waals surface area contributed by atoms with E-state index >= 15 is 0 Å². The van der Waals surface area contributed by atoms with Gasteiger partial charge in [-0.3, -0.25) is 9.59 Å². The van der Waals surface area contributed by atoms with Crippen molar-refractivity contribution in [2.75, 3.05) is 0 Å². The number of aromatic nitrogens is 3. The fourth-order valence-electron chi connectivity index (χ4n) is 1.35. The molecule has 18 heavy (non-hydrogen) atoms. The summed E-state index contributed by atoms with van der Waals surface area (Å²) in [7, 11) is 3.38. The van der Waals surface area contributed by atoms with E-state index in [1.165, 1.54) is 10.7 Å². The summed E-state index contributed by atoms with van der Waals surface area (Å²) in [6.07, 6.45) is 1.81. The molecule has 0 atom stereocenters. The van der Waals surface area contributed by atoms with E-state index in [1.807, 2.05) is 26.1 Å². The van der Waals surface area contributed by atoms with Crippen LogP contribution in [0.25, 0.3) is 0 Å². The van der Waals surface area contributed by atoms with Gasteiger partial charge in [0.1, 0.15) is 0 Å². The van der Waals surface area contributed by atoms with E-state index < -0.39 is 0 Å². The highest BCUT2D eigenvalue weighted by Gasteiger charge is 1.88. The van der Waals surface area contributed by atoms with E-state index in [2.05, 4.69) is 5.10 Å². The van der Waals surface area contributed by atoms with Gasteiger partial charge in [-0.2, -0.15) is 5.10 Å². The summed E-state index contributed by atoms with van der Waals surface area (Å²) in [4.78, 5) is 21.4. The third-order valence-corrected chi connectivity index (χ3v) is 2.33. The van der Waals surface area contributed by atoms with Crippen LogP contribution in [0, 0.1) is 13.8 Å². The Kier molecular flexibility index (Phi) is 4.59. The standard InChI is InChI=1S/C7H9NO.C6H8N2O/c1-6-3-4-7(9)8(2)5-6;1-5-3-4-6(9)8(2)7-5/h3-5H,1-2H3;3-4H,1-2H3. The average molecular weight is 247 g/mol. The lowest BCUT2D eigenvalue weighted by molar-refractivity contribution is 0.692. The van der Waals surface area contributed by atoms with E-state index in [9.17, 15) is 9.59 Å². The number of hydrogen-bond acceptors (Lipinski definition) is 3. The Balaban J connectivity index is 0.000000180. The molecule has 0 N–H and O–H groups in total. The zero-order valence-corrected chi connectivity index (χ0v) is 11.0. The first-order valence-electron chi connectivity index (χ1n) is 5.54. The molecule has 0 spiro atoms. The van der Waals surface area contributed by atoms with Crippen LogP contribution in [0.15, 0.2) is 40.1 Å². The predicted molar refractivity (Wildman–Crippen MR) is 70.6 cm³/mol. The van der Waals surface area contributed by atoms with Crippen molar-refractivity contribution in [3.05, 3.63) is 62.4 Å². The lowest BCUT2D eigenvalue weighted by atomic mass is 10.3. The molecule has 0 unspecified atom stereocenters. The van der Waals surface area contributed by atoms with Gasteiger partial charge in [0.25, 0.3) is 5.56 Å². The summed E-state index contributed by atoms with van der Waals surface area (Å²) >= 11 is 0. The highest BCUT2D eigenvalue weighted by molar-refractivity contribution is 5.06. The van der Waals surface area contributed by atoms with Gasteiger partial charge in [-0.15, -0.1) is 0 Å². The maximum absolute atomic E-state index is 10.7. The minimum Gasteiger partial charge on any atom is -0.318 e. The minimum atomic E-state index is -0.0689. The fourth-order valence-corrected chi connectivity index (χ4v) is 1.35. The SMILES string of the molecule is Cc1ccc(=O)n(C)c1.Cc1ccc(=O)n(C)n1. The molecule has 2 aromatic rings. The van der Waals surface area contributed by atoms with Crippen LogP contribution in [0.5, 0.6) is 0 Å². The first kappa shape index (κ1) is 13.9. The van der Waals surface area contributed by atoms with Crippen molar-refractivity contribution in [2.45, 2.75) is 13.8 Å². The third-order valence-electron chi connectivity index (χ3n) is 2.33. The molecule has 0 aromatic carbocycles. The highest BCUT2D eigenvalue weighted by atomic mass is 16.1. The Morgan fingerprint density at radius 1 is 0.944 bits per heavy atom. The molecule has 96 valence electrons. The van der Waals surface area contributed by atoms with Gasteiger partial charge in [0.2, 0.25) is 5.56 Å². The molecule has 5 heteroatoms. The third kappa shape index (κ3) is 4.01. The number of hydrogen-bond donors (Lipinski definition) is 0. The molecule has 0 amide bonds. The first-order valence-corrected chi connectivity index (χ1v) is 5.54. The molecule has 0 aliphatic heterocycles. The van der Waals surface area contributed by atoms with Gasteiger partial charge in [0.05, 0.1) is 5.69 Å². The van der Waals surface area contributed by atoms with Crippen LogP contribution < -0.4 is 11.1 Å². The van der Waals surface area contributed by atoms with Crippen molar-refractivity contribution in [1.29, 1.82) is 0 Å². The molecule has 2 heterocycles. The molecule has 2 aromatic heterocycles. The van der Waals surface area contributed by atoms with Gasteiger partial charge in [0.15, 0.2) is 0 Å². The van der Waals surface area contributed by atoms with Gasteiger partial charge in [-0.05, 0) is 25.5 Å². The van der Waals surface area contributed by atoms with Gasteiger partial charge in [-0.25, -0.2) is 4.68 Å². The first-order chi connectivity index (χ1) is 8.40. The molecule has 0 saturated carbocycles. The topological polar surface area (TPSA) is 56.9 Å². The van der Waals surface area contributed by atoms with Crippen LogP contribution in [0.4, 0.5) is 0 Å². The zero-order valence-electron chi connectivity index (χ0n) is 11.0. The smallest absolute Gasteiger partial charge is 0.266 e. The molecular weight excluding hydrogens is 230 g/mol. The second kappa shape index (κ2) is 5.95. The van der Waals surface area contributed by atoms with Crippen molar-refractivity contribution < 1.29 is 0 Å². The molecule has 0 saturated heterocycles. The number of nitrogens with zero attached hydrogens (tertiary/aromatic N) is 3. The number of rotatable bonds is 0. The van der Waals surface area contributed by atoms with Crippen LogP contribution in [-0.4, -0.2) is 14.3 Å². The number of aryl methyl sites for hydroxylation is 4. The van der Waals surface area contributed by atoms with Crippen molar-refractivity contribution in [3.63, 3.8) is 0 Å². The zero-order chi connectivity index (χ0) is 13.7. The van der Waals surface area contributed by atoms with Gasteiger partial charge >= 0.3 is 0 Å². The van der Waals surface area contributed by atoms with Crippen molar-refractivity contribution >= 4 is 0 Å². The molecule has 0 fully saturated rings. The van der Waals surface area contributed by atoms with Crippen LogP contribution in [0.3, 0.4) is 0 Å². The second-order valence-electron chi connectivity index (χ2n) is 4.09. The van der Waals surface area contributed by atoms with Crippen LogP contribution in [-0.2, 0) is 14.1 Å². The fraction of sp³-hybridized carbons (Fsp3) is 0.308. The van der Waals surface area contributed by atoms with E-state index in [0.29, 0.717) is 0 Å². The van der Waals surface area contributed by atoms with Crippen LogP contribution in [0.1, 0.15) is 11.3 Å². The summed E-state index contributed by atoms with van der Waals surface area (Å²) < 4.78 is 2.88. The van der Waals surface area contributed by atoms with E-state index in [0.717, 1.165) is 11.3 Å². The monoisotopic (exact) mass is 247 g/mol. The van der Waals surface area contributed by atoms with Gasteiger partial charge in [-0.1, -0.05) is 6.07 Å². The maximum atomic E-state index is 10.7. The van der Waals surface area contributed by atoms with Gasteiger partial charge in [0, 0.05) is 32.4 Å². The lowest BCUT2D eigenvalue weighted by Crippen LogP contribution is -2.18. The predicted octanol–water partition coefficient (Wildman–Crippen LogP) is 0.782. The molecule has 0 aliphatic carbocycles. The Bertz CT molecular complexity index is 584. The number of pyridine rings is 1. The summed E-state index contributed by atoms with van der Waals surface area (Å²) in [5.74, 6) is 0. The molecule has 2 rings (SSSR count). The summed E-state index contributed by atoms with van der Waals surface area (Å²) in [6.45, 7) is 3.80. The maximum Gasteiger partial charge on any atom is 0.266 e. The second-order valence-corrected chi connectivity index (χ2v) is 4.09. The lowest BCUT2D eigenvalue weighted by Gasteiger charge is -1.94. The Labute approximate surface area is 105 Å². The van der Waals surface area contributed by atoms with Crippen molar-refractivity contribution in [1.82, 2.24) is 14.3 Å². The molecule has 0 aliphatic rings. The summed E-state index contributed by atoms with van der Waals surface area (Å²) in [6, 6.07) is 6.57. The molecule has 0 radical (unpaired) electrons. The molecule has 0 bridgehead atoms. The molecular formula is C13H17N3O2. The Morgan fingerprint density at radius 2 is 1.56 bits per heavy atom. The highest BCUT2D eigenvalue weighted by Crippen LogP contribution is 1.88. The average Bonchev–Trinajstić information content (AvgIpc) is 2.30. The van der Waals surface area contributed by atoms with E-state index in [-0.39, 0.29) is 11.1 Å². The Morgan fingerprint density at radius 3 is 2.00 bits per heavy atom. The van der Waals surface area contributed by atoms with Crippen LogP contribution >= 0.6 is 0 Å². The van der Waals surface area contributed by atoms with Gasteiger partial charge < -0.3 is 4.57 Å². The summed E-state index contributed by atoms with van der Waals surface area (Å²) in [5, 5.41) is 3.88. The summed E-state index contributed by atoms with van der Waals surface area (Å²) in [5.41, 5.74) is 1.94.